The number of aliphatic carboxylic acids is 1. The first-order valence-corrected chi connectivity index (χ1v) is 10.2. The standard InChI is InChI=1S/C24H19ClN2O4/c25-10-11-30-20-9-8-17-12-19(7-6-18(17)13-20)24-26-21(16-4-2-1-3-5-16)14-22(27-24)31-15-23(28)29/h1-9,12-14H,10-11,15H2,(H,28,29). The number of hydrogen-bond donors (Lipinski definition) is 1. The van der Waals surface area contributed by atoms with Crippen molar-refractivity contribution in [3.8, 4) is 34.3 Å². The Morgan fingerprint density at radius 1 is 0.871 bits per heavy atom. The number of alkyl halides is 1. The molecule has 3 aromatic carbocycles. The second-order valence-electron chi connectivity index (χ2n) is 6.72. The van der Waals surface area contributed by atoms with E-state index in [0.29, 0.717) is 24.0 Å². The molecule has 0 fully saturated rings. The number of carboxylic acids is 1. The van der Waals surface area contributed by atoms with Gasteiger partial charge in [0.25, 0.3) is 0 Å². The van der Waals surface area contributed by atoms with Gasteiger partial charge in [0.15, 0.2) is 12.4 Å². The van der Waals surface area contributed by atoms with Gasteiger partial charge in [-0.3, -0.25) is 0 Å². The highest BCUT2D eigenvalue weighted by Crippen LogP contribution is 2.29. The lowest BCUT2D eigenvalue weighted by atomic mass is 10.1. The molecule has 0 radical (unpaired) electrons. The van der Waals surface area contributed by atoms with Crippen LogP contribution in [0.2, 0.25) is 0 Å². The average molecular weight is 435 g/mol. The zero-order valence-electron chi connectivity index (χ0n) is 16.5. The summed E-state index contributed by atoms with van der Waals surface area (Å²) < 4.78 is 10.9. The van der Waals surface area contributed by atoms with Crippen molar-refractivity contribution in [2.45, 2.75) is 0 Å². The van der Waals surface area contributed by atoms with Crippen LogP contribution in [0, 0.1) is 0 Å². The zero-order valence-corrected chi connectivity index (χ0v) is 17.2. The summed E-state index contributed by atoms with van der Waals surface area (Å²) in [6.45, 7) is -0.0299. The first-order valence-electron chi connectivity index (χ1n) is 9.64. The smallest absolute Gasteiger partial charge is 0.341 e. The SMILES string of the molecule is O=C(O)COc1cc(-c2ccccc2)nc(-c2ccc3cc(OCCCl)ccc3c2)n1. The number of fused-ring (bicyclic) bond motifs is 1. The van der Waals surface area contributed by atoms with E-state index in [9.17, 15) is 4.79 Å². The molecule has 0 aliphatic rings. The molecule has 156 valence electrons. The molecule has 0 atom stereocenters. The van der Waals surface area contributed by atoms with Crippen molar-refractivity contribution in [3.05, 3.63) is 72.8 Å². The van der Waals surface area contributed by atoms with Gasteiger partial charge < -0.3 is 14.6 Å². The fourth-order valence-corrected chi connectivity index (χ4v) is 3.21. The fraction of sp³-hybridized carbons (Fsp3) is 0.125. The fourth-order valence-electron chi connectivity index (χ4n) is 3.13. The Balaban J connectivity index is 1.73. The lowest BCUT2D eigenvalue weighted by Gasteiger charge is -2.10. The third-order valence-corrected chi connectivity index (χ3v) is 4.69. The Kier molecular flexibility index (Phi) is 6.29. The summed E-state index contributed by atoms with van der Waals surface area (Å²) in [4.78, 5) is 20.1. The van der Waals surface area contributed by atoms with Crippen LogP contribution in [0.4, 0.5) is 0 Å². The van der Waals surface area contributed by atoms with Crippen molar-refractivity contribution < 1.29 is 19.4 Å². The van der Waals surface area contributed by atoms with E-state index in [1.807, 2.05) is 66.7 Å². The first kappa shape index (κ1) is 20.6. The van der Waals surface area contributed by atoms with Crippen molar-refractivity contribution in [1.82, 2.24) is 9.97 Å². The van der Waals surface area contributed by atoms with Crippen LogP contribution in [-0.2, 0) is 4.79 Å². The lowest BCUT2D eigenvalue weighted by Crippen LogP contribution is -2.11. The van der Waals surface area contributed by atoms with Gasteiger partial charge in [0.2, 0.25) is 5.88 Å². The zero-order chi connectivity index (χ0) is 21.6. The van der Waals surface area contributed by atoms with Gasteiger partial charge in [-0.05, 0) is 29.0 Å². The Bertz CT molecular complexity index is 1210. The van der Waals surface area contributed by atoms with Gasteiger partial charge in [-0.2, -0.15) is 4.98 Å². The number of benzene rings is 3. The van der Waals surface area contributed by atoms with Gasteiger partial charge in [-0.1, -0.05) is 48.5 Å². The summed E-state index contributed by atoms with van der Waals surface area (Å²) in [7, 11) is 0. The van der Waals surface area contributed by atoms with Gasteiger partial charge in [-0.15, -0.1) is 11.6 Å². The maximum absolute atomic E-state index is 10.9. The van der Waals surface area contributed by atoms with Gasteiger partial charge in [0, 0.05) is 17.2 Å². The van der Waals surface area contributed by atoms with Crippen LogP contribution in [0.15, 0.2) is 72.8 Å². The van der Waals surface area contributed by atoms with Gasteiger partial charge >= 0.3 is 5.97 Å². The highest BCUT2D eigenvalue weighted by atomic mass is 35.5. The minimum Gasteiger partial charge on any atom is -0.492 e. The maximum Gasteiger partial charge on any atom is 0.341 e. The molecule has 0 aliphatic heterocycles. The quantitative estimate of drug-likeness (QED) is 0.391. The molecule has 0 bridgehead atoms. The molecule has 31 heavy (non-hydrogen) atoms. The third-order valence-electron chi connectivity index (χ3n) is 4.53. The molecular formula is C24H19ClN2O4. The predicted octanol–water partition coefficient (Wildman–Crippen LogP) is 5.04. The number of carboxylic acid groups (broad SMARTS) is 1. The second kappa shape index (κ2) is 9.45. The van der Waals surface area contributed by atoms with Crippen LogP contribution in [-0.4, -0.2) is 40.1 Å². The number of rotatable bonds is 8. The first-order chi connectivity index (χ1) is 15.1. The molecule has 0 spiro atoms. The van der Waals surface area contributed by atoms with E-state index >= 15 is 0 Å². The minimum atomic E-state index is -1.07. The van der Waals surface area contributed by atoms with Crippen molar-refractivity contribution in [1.29, 1.82) is 0 Å². The van der Waals surface area contributed by atoms with E-state index in [-0.39, 0.29) is 5.88 Å². The van der Waals surface area contributed by atoms with E-state index in [0.717, 1.165) is 27.6 Å². The van der Waals surface area contributed by atoms with Gasteiger partial charge in [0.1, 0.15) is 12.4 Å². The molecule has 1 heterocycles. The maximum atomic E-state index is 10.9. The summed E-state index contributed by atoms with van der Waals surface area (Å²) in [5.74, 6) is 0.771. The van der Waals surface area contributed by atoms with Crippen LogP contribution in [0.1, 0.15) is 0 Å². The van der Waals surface area contributed by atoms with E-state index < -0.39 is 12.6 Å². The van der Waals surface area contributed by atoms with E-state index in [4.69, 9.17) is 26.2 Å². The lowest BCUT2D eigenvalue weighted by molar-refractivity contribution is -0.139. The molecule has 0 amide bonds. The summed E-state index contributed by atoms with van der Waals surface area (Å²) in [5, 5.41) is 11.0. The minimum absolute atomic E-state index is 0.205. The second-order valence-corrected chi connectivity index (χ2v) is 7.10. The van der Waals surface area contributed by atoms with Gasteiger partial charge in [0.05, 0.1) is 11.6 Å². The number of ether oxygens (including phenoxy) is 2. The molecule has 0 unspecified atom stereocenters. The number of hydrogen-bond acceptors (Lipinski definition) is 5. The summed E-state index contributed by atoms with van der Waals surface area (Å²) >= 11 is 5.69. The van der Waals surface area contributed by atoms with Gasteiger partial charge in [-0.25, -0.2) is 9.78 Å². The highest BCUT2D eigenvalue weighted by Gasteiger charge is 2.12. The van der Waals surface area contributed by atoms with Crippen molar-refractivity contribution in [3.63, 3.8) is 0 Å². The van der Waals surface area contributed by atoms with Crippen LogP contribution in [0.25, 0.3) is 33.4 Å². The van der Waals surface area contributed by atoms with E-state index in [1.165, 1.54) is 0 Å². The Labute approximate surface area is 184 Å². The summed E-state index contributed by atoms with van der Waals surface area (Å²) in [5.41, 5.74) is 2.32. The van der Waals surface area contributed by atoms with Crippen LogP contribution >= 0.6 is 11.6 Å². The molecule has 1 aromatic heterocycles. The molecule has 0 saturated heterocycles. The van der Waals surface area contributed by atoms with Crippen LogP contribution < -0.4 is 9.47 Å². The Morgan fingerprint density at radius 2 is 1.65 bits per heavy atom. The molecular weight excluding hydrogens is 416 g/mol. The van der Waals surface area contributed by atoms with Crippen LogP contribution in [0.5, 0.6) is 11.6 Å². The number of nitrogens with zero attached hydrogens (tertiary/aromatic N) is 2. The van der Waals surface area contributed by atoms with Crippen molar-refractivity contribution in [2.24, 2.45) is 0 Å². The molecule has 4 aromatic rings. The molecule has 0 aliphatic carbocycles. The van der Waals surface area contributed by atoms with Crippen molar-refractivity contribution in [2.75, 3.05) is 19.1 Å². The number of carbonyl (C=O) groups is 1. The summed E-state index contributed by atoms with van der Waals surface area (Å²) in [6, 6.07) is 22.9. The largest absolute Gasteiger partial charge is 0.492 e. The molecule has 1 N–H and O–H groups in total. The average Bonchev–Trinajstić information content (AvgIpc) is 2.81. The Hall–Kier alpha value is -3.64. The molecule has 0 saturated carbocycles. The topological polar surface area (TPSA) is 81.5 Å². The van der Waals surface area contributed by atoms with E-state index in [1.54, 1.807) is 6.07 Å². The molecule has 6 nitrogen and oxygen atoms in total. The highest BCUT2D eigenvalue weighted by molar-refractivity contribution is 6.18. The summed E-state index contributed by atoms with van der Waals surface area (Å²) in [6.07, 6.45) is 0. The monoisotopic (exact) mass is 434 g/mol. The molecule has 7 heteroatoms. The van der Waals surface area contributed by atoms with Crippen molar-refractivity contribution >= 4 is 28.3 Å². The molecule has 4 rings (SSSR count). The van der Waals surface area contributed by atoms with Crippen LogP contribution in [0.3, 0.4) is 0 Å². The number of halogens is 1. The predicted molar refractivity (Wildman–Crippen MR) is 120 cm³/mol. The number of aromatic nitrogens is 2. The van der Waals surface area contributed by atoms with E-state index in [2.05, 4.69) is 9.97 Å². The Morgan fingerprint density at radius 3 is 2.42 bits per heavy atom. The third kappa shape index (κ3) is 5.10. The normalized spacial score (nSPS) is 10.7.